The fourth-order valence-electron chi connectivity index (χ4n) is 2.67. The fraction of sp³-hybridized carbons (Fsp3) is 0.211. The van der Waals surface area contributed by atoms with E-state index in [2.05, 4.69) is 5.32 Å². The van der Waals surface area contributed by atoms with Crippen molar-refractivity contribution in [2.75, 3.05) is 37.5 Å². The van der Waals surface area contributed by atoms with E-state index in [1.807, 2.05) is 49.5 Å². The first-order valence-electron chi connectivity index (χ1n) is 7.80. The van der Waals surface area contributed by atoms with Crippen LogP contribution in [0.25, 0.3) is 6.08 Å². The summed E-state index contributed by atoms with van der Waals surface area (Å²) in [5, 5.41) is 3.06. The molecule has 1 aliphatic rings. The minimum Gasteiger partial charge on any atom is -0.495 e. The molecule has 0 spiro atoms. The van der Waals surface area contributed by atoms with Gasteiger partial charge >= 0.3 is 0 Å². The maximum absolute atomic E-state index is 12.6. The summed E-state index contributed by atoms with van der Waals surface area (Å²) in [7, 11) is 3.46. The molecule has 124 valence electrons. The number of benzene rings is 2. The first-order valence-corrected chi connectivity index (χ1v) is 7.80. The maximum atomic E-state index is 12.6. The van der Waals surface area contributed by atoms with Gasteiger partial charge in [0.15, 0.2) is 0 Å². The van der Waals surface area contributed by atoms with Crippen LogP contribution in [0.1, 0.15) is 5.56 Å². The number of hydrogen-bond donors (Lipinski definition) is 1. The standard InChI is InChI=1S/C19H20N2O3/c1-20-15-9-7-14(13-18(15)23-2)8-10-19(22)21-11-12-24-17-6-4-3-5-16(17)21/h3-10,13,20H,11-12H2,1-2H3/b10-8+. The van der Waals surface area contributed by atoms with Gasteiger partial charge in [-0.15, -0.1) is 0 Å². The Kier molecular flexibility index (Phi) is 4.70. The molecule has 2 aromatic rings. The molecule has 0 aliphatic carbocycles. The van der Waals surface area contributed by atoms with Gasteiger partial charge in [0, 0.05) is 13.1 Å². The molecule has 0 fully saturated rings. The van der Waals surface area contributed by atoms with Gasteiger partial charge in [-0.3, -0.25) is 4.79 Å². The number of para-hydroxylation sites is 2. The van der Waals surface area contributed by atoms with Crippen molar-refractivity contribution in [3.05, 3.63) is 54.1 Å². The second-order valence-corrected chi connectivity index (χ2v) is 5.35. The van der Waals surface area contributed by atoms with Crippen molar-refractivity contribution in [1.82, 2.24) is 0 Å². The molecule has 0 aromatic heterocycles. The first kappa shape index (κ1) is 15.9. The number of amides is 1. The van der Waals surface area contributed by atoms with Crippen molar-refractivity contribution < 1.29 is 14.3 Å². The van der Waals surface area contributed by atoms with Crippen LogP contribution in [0, 0.1) is 0 Å². The number of nitrogens with zero attached hydrogens (tertiary/aromatic N) is 1. The minimum absolute atomic E-state index is 0.0672. The van der Waals surface area contributed by atoms with Crippen molar-refractivity contribution in [3.8, 4) is 11.5 Å². The van der Waals surface area contributed by atoms with Crippen LogP contribution in [0.4, 0.5) is 11.4 Å². The summed E-state index contributed by atoms with van der Waals surface area (Å²) in [6.07, 6.45) is 3.37. The van der Waals surface area contributed by atoms with E-state index in [0.29, 0.717) is 13.2 Å². The third-order valence-electron chi connectivity index (χ3n) is 3.91. The first-order chi connectivity index (χ1) is 11.7. The third kappa shape index (κ3) is 3.20. The van der Waals surface area contributed by atoms with Gasteiger partial charge in [0.25, 0.3) is 5.91 Å². The van der Waals surface area contributed by atoms with Gasteiger partial charge < -0.3 is 19.7 Å². The fourth-order valence-corrected chi connectivity index (χ4v) is 2.67. The zero-order valence-corrected chi connectivity index (χ0v) is 13.8. The van der Waals surface area contributed by atoms with Crippen LogP contribution < -0.4 is 19.7 Å². The number of carbonyl (C=O) groups is 1. The molecule has 24 heavy (non-hydrogen) atoms. The van der Waals surface area contributed by atoms with Gasteiger partial charge in [-0.1, -0.05) is 18.2 Å². The Morgan fingerprint density at radius 2 is 2.12 bits per heavy atom. The number of fused-ring (bicyclic) bond motifs is 1. The molecule has 0 bridgehead atoms. The molecule has 2 aromatic carbocycles. The summed E-state index contributed by atoms with van der Waals surface area (Å²) >= 11 is 0. The number of rotatable bonds is 4. The molecule has 0 saturated carbocycles. The molecule has 3 rings (SSSR count). The van der Waals surface area contributed by atoms with E-state index in [1.54, 1.807) is 24.2 Å². The SMILES string of the molecule is CNc1ccc(/C=C/C(=O)N2CCOc3ccccc32)cc1OC. The lowest BCUT2D eigenvalue weighted by molar-refractivity contribution is -0.114. The number of carbonyl (C=O) groups excluding carboxylic acids is 1. The lowest BCUT2D eigenvalue weighted by atomic mass is 10.1. The van der Waals surface area contributed by atoms with Gasteiger partial charge in [0.05, 0.1) is 25.0 Å². The van der Waals surface area contributed by atoms with Crippen molar-refractivity contribution in [2.24, 2.45) is 0 Å². The van der Waals surface area contributed by atoms with E-state index >= 15 is 0 Å². The molecule has 1 amide bonds. The number of ether oxygens (including phenoxy) is 2. The highest BCUT2D eigenvalue weighted by molar-refractivity contribution is 6.05. The molecule has 1 heterocycles. The summed E-state index contributed by atoms with van der Waals surface area (Å²) in [5.74, 6) is 1.41. The molecule has 5 heteroatoms. The van der Waals surface area contributed by atoms with E-state index in [0.717, 1.165) is 28.4 Å². The van der Waals surface area contributed by atoms with Crippen molar-refractivity contribution >= 4 is 23.4 Å². The summed E-state index contributed by atoms with van der Waals surface area (Å²) in [6.45, 7) is 1.05. The number of hydrogen-bond acceptors (Lipinski definition) is 4. The lowest BCUT2D eigenvalue weighted by Gasteiger charge is -2.28. The summed E-state index contributed by atoms with van der Waals surface area (Å²) < 4.78 is 10.9. The average molecular weight is 324 g/mol. The molecule has 0 saturated heterocycles. The number of methoxy groups -OCH3 is 1. The molecule has 0 radical (unpaired) electrons. The van der Waals surface area contributed by atoms with E-state index < -0.39 is 0 Å². The van der Waals surface area contributed by atoms with E-state index in [1.165, 1.54) is 0 Å². The molecule has 5 nitrogen and oxygen atoms in total. The average Bonchev–Trinajstić information content (AvgIpc) is 2.65. The number of nitrogens with one attached hydrogen (secondary N) is 1. The summed E-state index contributed by atoms with van der Waals surface area (Å²) in [4.78, 5) is 14.3. The van der Waals surface area contributed by atoms with Gasteiger partial charge in [-0.2, -0.15) is 0 Å². The second-order valence-electron chi connectivity index (χ2n) is 5.35. The number of anilines is 2. The minimum atomic E-state index is -0.0672. The second kappa shape index (κ2) is 7.08. The largest absolute Gasteiger partial charge is 0.495 e. The Bertz CT molecular complexity index is 771. The molecule has 0 unspecified atom stereocenters. The molecule has 1 N–H and O–H groups in total. The van der Waals surface area contributed by atoms with Crippen molar-refractivity contribution in [1.29, 1.82) is 0 Å². The van der Waals surface area contributed by atoms with Crippen LogP contribution in [0.5, 0.6) is 11.5 Å². The Morgan fingerprint density at radius 1 is 1.29 bits per heavy atom. The Balaban J connectivity index is 1.79. The van der Waals surface area contributed by atoms with Crippen LogP contribution in [-0.4, -0.2) is 33.2 Å². The quantitative estimate of drug-likeness (QED) is 0.878. The van der Waals surface area contributed by atoms with Crippen LogP contribution >= 0.6 is 0 Å². The van der Waals surface area contributed by atoms with Crippen LogP contribution in [0.15, 0.2) is 48.5 Å². The molecule has 1 aliphatic heterocycles. The predicted molar refractivity (Wildman–Crippen MR) is 95.9 cm³/mol. The van der Waals surface area contributed by atoms with E-state index in [-0.39, 0.29) is 5.91 Å². The van der Waals surface area contributed by atoms with Gasteiger partial charge in [0.2, 0.25) is 0 Å². The smallest absolute Gasteiger partial charge is 0.251 e. The molecule has 0 atom stereocenters. The van der Waals surface area contributed by atoms with Gasteiger partial charge in [0.1, 0.15) is 18.1 Å². The normalized spacial score (nSPS) is 13.3. The summed E-state index contributed by atoms with van der Waals surface area (Å²) in [5.41, 5.74) is 2.62. The Morgan fingerprint density at radius 3 is 2.92 bits per heavy atom. The van der Waals surface area contributed by atoms with Gasteiger partial charge in [-0.05, 0) is 35.9 Å². The van der Waals surface area contributed by atoms with E-state index in [9.17, 15) is 4.79 Å². The highest BCUT2D eigenvalue weighted by atomic mass is 16.5. The van der Waals surface area contributed by atoms with Crippen molar-refractivity contribution in [2.45, 2.75) is 0 Å². The monoisotopic (exact) mass is 324 g/mol. The molecular weight excluding hydrogens is 304 g/mol. The van der Waals surface area contributed by atoms with Crippen LogP contribution in [0.3, 0.4) is 0 Å². The van der Waals surface area contributed by atoms with Crippen LogP contribution in [-0.2, 0) is 4.79 Å². The zero-order chi connectivity index (χ0) is 16.9. The predicted octanol–water partition coefficient (Wildman–Crippen LogP) is 3.18. The highest BCUT2D eigenvalue weighted by Crippen LogP contribution is 2.31. The topological polar surface area (TPSA) is 50.8 Å². The third-order valence-corrected chi connectivity index (χ3v) is 3.91. The van der Waals surface area contributed by atoms with Crippen LogP contribution in [0.2, 0.25) is 0 Å². The van der Waals surface area contributed by atoms with Gasteiger partial charge in [-0.25, -0.2) is 0 Å². The Hall–Kier alpha value is -2.95. The zero-order valence-electron chi connectivity index (χ0n) is 13.8. The Labute approximate surface area is 141 Å². The molecular formula is C19H20N2O3. The lowest BCUT2D eigenvalue weighted by Crippen LogP contribution is -2.36. The van der Waals surface area contributed by atoms with Crippen molar-refractivity contribution in [3.63, 3.8) is 0 Å². The maximum Gasteiger partial charge on any atom is 0.251 e. The summed E-state index contributed by atoms with van der Waals surface area (Å²) in [6, 6.07) is 13.3. The van der Waals surface area contributed by atoms with E-state index in [4.69, 9.17) is 9.47 Å². The highest BCUT2D eigenvalue weighted by Gasteiger charge is 2.21.